The van der Waals surface area contributed by atoms with Gasteiger partial charge in [0.1, 0.15) is 11.9 Å². The van der Waals surface area contributed by atoms with Gasteiger partial charge >= 0.3 is 0 Å². The first-order valence-corrected chi connectivity index (χ1v) is 6.14. The molecule has 0 saturated heterocycles. The molecule has 0 aliphatic heterocycles. The highest BCUT2D eigenvalue weighted by Gasteiger charge is 2.17. The van der Waals surface area contributed by atoms with Crippen LogP contribution in [0.15, 0.2) is 0 Å². The summed E-state index contributed by atoms with van der Waals surface area (Å²) >= 11 is 0. The van der Waals surface area contributed by atoms with Crippen LogP contribution in [0, 0.1) is 24.2 Å². The zero-order valence-corrected chi connectivity index (χ0v) is 10.2. The predicted octanol–water partition coefficient (Wildman–Crippen LogP) is 2.72. The van der Waals surface area contributed by atoms with Crippen LogP contribution < -0.4 is 0 Å². The summed E-state index contributed by atoms with van der Waals surface area (Å²) in [5.74, 6) is 1.82. The highest BCUT2D eigenvalue weighted by molar-refractivity contribution is 5.28. The van der Waals surface area contributed by atoms with Gasteiger partial charge in [0.15, 0.2) is 5.69 Å². The number of aryl methyl sites for hydroxylation is 1. The van der Waals surface area contributed by atoms with Crippen LogP contribution in [0.5, 0.6) is 0 Å². The van der Waals surface area contributed by atoms with Gasteiger partial charge in [0.25, 0.3) is 0 Å². The minimum absolute atomic E-state index is 0.623. The number of hydrogen-bond donors (Lipinski definition) is 0. The molecule has 1 aliphatic rings. The molecule has 1 aromatic heterocycles. The van der Waals surface area contributed by atoms with Crippen LogP contribution in [0.4, 0.5) is 0 Å². The molecule has 0 N–H and O–H groups in total. The molecule has 1 heterocycles. The van der Waals surface area contributed by atoms with Gasteiger partial charge in [0.2, 0.25) is 0 Å². The Morgan fingerprint density at radius 3 is 2.75 bits per heavy atom. The Bertz CT molecular complexity index is 406. The van der Waals surface area contributed by atoms with Gasteiger partial charge in [-0.25, -0.2) is 4.98 Å². The van der Waals surface area contributed by atoms with Crippen molar-refractivity contribution >= 4 is 0 Å². The molecule has 0 atom stereocenters. The van der Waals surface area contributed by atoms with Crippen molar-refractivity contribution in [3.63, 3.8) is 0 Å². The third-order valence-electron chi connectivity index (χ3n) is 3.81. The monoisotopic (exact) mass is 217 g/mol. The van der Waals surface area contributed by atoms with Gasteiger partial charge in [0.05, 0.1) is 5.69 Å². The van der Waals surface area contributed by atoms with Gasteiger partial charge in [-0.15, -0.1) is 0 Å². The second kappa shape index (κ2) is 4.69. The van der Waals surface area contributed by atoms with Gasteiger partial charge in [-0.3, -0.25) is 0 Å². The number of imidazole rings is 1. The molecule has 0 unspecified atom stereocenters. The highest BCUT2D eigenvalue weighted by atomic mass is 15.1. The molecule has 1 fully saturated rings. The molecule has 0 aromatic carbocycles. The van der Waals surface area contributed by atoms with Gasteiger partial charge in [-0.1, -0.05) is 25.7 Å². The van der Waals surface area contributed by atoms with Crippen LogP contribution in [-0.2, 0) is 13.5 Å². The maximum atomic E-state index is 9.02. The van der Waals surface area contributed by atoms with E-state index in [2.05, 4.69) is 15.6 Å². The Hall–Kier alpha value is -1.30. The molecule has 0 radical (unpaired) electrons. The van der Waals surface area contributed by atoms with E-state index in [1.807, 2.05) is 14.0 Å². The molecule has 3 nitrogen and oxygen atoms in total. The molecular weight excluding hydrogens is 198 g/mol. The molecule has 86 valence electrons. The van der Waals surface area contributed by atoms with Crippen LogP contribution in [0.25, 0.3) is 0 Å². The SMILES string of the molecule is Cc1nc(C#N)c(CCC2CCCC2)n1C. The fraction of sp³-hybridized carbons (Fsp3) is 0.692. The van der Waals surface area contributed by atoms with Crippen molar-refractivity contribution < 1.29 is 0 Å². The quantitative estimate of drug-likeness (QED) is 0.781. The summed E-state index contributed by atoms with van der Waals surface area (Å²) in [6.45, 7) is 1.96. The van der Waals surface area contributed by atoms with Gasteiger partial charge in [-0.05, 0) is 25.7 Å². The zero-order chi connectivity index (χ0) is 11.5. The second-order valence-corrected chi connectivity index (χ2v) is 4.81. The van der Waals surface area contributed by atoms with E-state index in [0.29, 0.717) is 5.69 Å². The molecule has 1 saturated carbocycles. The molecule has 2 rings (SSSR count). The molecule has 16 heavy (non-hydrogen) atoms. The Labute approximate surface area is 97.1 Å². The van der Waals surface area contributed by atoms with E-state index in [1.54, 1.807) is 0 Å². The maximum Gasteiger partial charge on any atom is 0.161 e. The fourth-order valence-electron chi connectivity index (χ4n) is 2.67. The van der Waals surface area contributed by atoms with Crippen LogP contribution in [0.2, 0.25) is 0 Å². The van der Waals surface area contributed by atoms with Crippen LogP contribution >= 0.6 is 0 Å². The lowest BCUT2D eigenvalue weighted by Gasteiger charge is -2.09. The molecule has 3 heteroatoms. The van der Waals surface area contributed by atoms with E-state index in [4.69, 9.17) is 5.26 Å². The summed E-state index contributed by atoms with van der Waals surface area (Å²) in [4.78, 5) is 4.28. The van der Waals surface area contributed by atoms with E-state index in [-0.39, 0.29) is 0 Å². The average molecular weight is 217 g/mol. The smallest absolute Gasteiger partial charge is 0.161 e. The topological polar surface area (TPSA) is 41.6 Å². The highest BCUT2D eigenvalue weighted by Crippen LogP contribution is 2.29. The second-order valence-electron chi connectivity index (χ2n) is 4.81. The van der Waals surface area contributed by atoms with Gasteiger partial charge in [-0.2, -0.15) is 5.26 Å². The lowest BCUT2D eigenvalue weighted by atomic mass is 10.00. The van der Waals surface area contributed by atoms with Crippen LogP contribution in [-0.4, -0.2) is 9.55 Å². The molecule has 0 spiro atoms. The first-order chi connectivity index (χ1) is 7.72. The fourth-order valence-corrected chi connectivity index (χ4v) is 2.67. The number of aromatic nitrogens is 2. The van der Waals surface area contributed by atoms with E-state index in [9.17, 15) is 0 Å². The normalized spacial score (nSPS) is 16.6. The minimum Gasteiger partial charge on any atom is -0.334 e. The van der Waals surface area contributed by atoms with E-state index in [0.717, 1.165) is 23.9 Å². The molecular formula is C13H19N3. The lowest BCUT2D eigenvalue weighted by Crippen LogP contribution is -2.03. The van der Waals surface area contributed by atoms with Crippen molar-refractivity contribution in [1.82, 2.24) is 9.55 Å². The summed E-state index contributed by atoms with van der Waals surface area (Å²) < 4.78 is 2.06. The minimum atomic E-state index is 0.623. The van der Waals surface area contributed by atoms with Crippen LogP contribution in [0.1, 0.15) is 49.3 Å². The van der Waals surface area contributed by atoms with Gasteiger partial charge < -0.3 is 4.57 Å². The summed E-state index contributed by atoms with van der Waals surface area (Å²) in [7, 11) is 2.01. The lowest BCUT2D eigenvalue weighted by molar-refractivity contribution is 0.496. The van der Waals surface area contributed by atoms with Crippen molar-refractivity contribution in [3.8, 4) is 6.07 Å². The summed E-state index contributed by atoms with van der Waals surface area (Å²) in [6, 6.07) is 2.20. The molecule has 0 bridgehead atoms. The van der Waals surface area contributed by atoms with Crippen molar-refractivity contribution in [3.05, 3.63) is 17.2 Å². The third-order valence-corrected chi connectivity index (χ3v) is 3.81. The van der Waals surface area contributed by atoms with E-state index >= 15 is 0 Å². The number of hydrogen-bond acceptors (Lipinski definition) is 2. The number of nitriles is 1. The summed E-state index contributed by atoms with van der Waals surface area (Å²) in [6.07, 6.45) is 7.75. The molecule has 1 aliphatic carbocycles. The largest absolute Gasteiger partial charge is 0.334 e. The molecule has 0 amide bonds. The van der Waals surface area contributed by atoms with Crippen molar-refractivity contribution in [2.45, 2.75) is 45.4 Å². The molecule has 1 aromatic rings. The Morgan fingerprint density at radius 2 is 2.12 bits per heavy atom. The standard InChI is InChI=1S/C13H19N3/c1-10-15-12(9-14)13(16(10)2)8-7-11-5-3-4-6-11/h11H,3-8H2,1-2H3. The number of nitrogens with zero attached hydrogens (tertiary/aromatic N) is 3. The predicted molar refractivity (Wildman–Crippen MR) is 62.9 cm³/mol. The van der Waals surface area contributed by atoms with E-state index in [1.165, 1.54) is 32.1 Å². The maximum absolute atomic E-state index is 9.02. The first-order valence-electron chi connectivity index (χ1n) is 6.14. The summed E-state index contributed by atoms with van der Waals surface area (Å²) in [5, 5.41) is 9.02. The Kier molecular flexibility index (Phi) is 3.28. The van der Waals surface area contributed by atoms with Crippen LogP contribution in [0.3, 0.4) is 0 Å². The van der Waals surface area contributed by atoms with Crippen molar-refractivity contribution in [2.24, 2.45) is 13.0 Å². The first kappa shape index (κ1) is 11.2. The van der Waals surface area contributed by atoms with Gasteiger partial charge in [0, 0.05) is 7.05 Å². The Morgan fingerprint density at radius 1 is 1.44 bits per heavy atom. The average Bonchev–Trinajstić information content (AvgIpc) is 2.87. The van der Waals surface area contributed by atoms with Crippen molar-refractivity contribution in [2.75, 3.05) is 0 Å². The van der Waals surface area contributed by atoms with E-state index < -0.39 is 0 Å². The zero-order valence-electron chi connectivity index (χ0n) is 10.2. The number of rotatable bonds is 3. The third kappa shape index (κ3) is 2.11. The Balaban J connectivity index is 2.05. The summed E-state index contributed by atoms with van der Waals surface area (Å²) in [5.41, 5.74) is 1.74. The van der Waals surface area contributed by atoms with Crippen molar-refractivity contribution in [1.29, 1.82) is 5.26 Å².